The van der Waals surface area contributed by atoms with E-state index in [0.717, 1.165) is 50.6 Å². The number of carbonyl (C=O) groups is 2. The van der Waals surface area contributed by atoms with E-state index in [1.165, 1.54) is 24.3 Å². The lowest BCUT2D eigenvalue weighted by atomic mass is 9.81. The third kappa shape index (κ3) is 9.42. The van der Waals surface area contributed by atoms with Crippen LogP contribution in [0.4, 0.5) is 11.4 Å². The molecule has 1 amide bonds. The molecule has 14 nitrogen and oxygen atoms in total. The average molecular weight is 919 g/mol. The van der Waals surface area contributed by atoms with Crippen molar-refractivity contribution in [2.24, 2.45) is 0 Å². The van der Waals surface area contributed by atoms with Gasteiger partial charge in [-0.15, -0.1) is 0 Å². The highest BCUT2D eigenvalue weighted by atomic mass is 32.2. The number of aliphatic carboxylic acids is 1. The van der Waals surface area contributed by atoms with Gasteiger partial charge in [-0.1, -0.05) is 38.5 Å². The predicted molar refractivity (Wildman–Crippen MR) is 245 cm³/mol. The third-order valence-electron chi connectivity index (χ3n) is 13.2. The number of benzene rings is 3. The maximum absolute atomic E-state index is 13.7. The van der Waals surface area contributed by atoms with E-state index < -0.39 is 42.6 Å². The summed E-state index contributed by atoms with van der Waals surface area (Å²) in [5.74, 6) is -0.201. The number of amides is 1. The number of hydrogen-bond acceptors (Lipinski definition) is 9. The van der Waals surface area contributed by atoms with Gasteiger partial charge in [-0.2, -0.15) is 21.4 Å². The highest BCUT2D eigenvalue weighted by Gasteiger charge is 2.46. The number of carboxylic acids is 1. The molecule has 6 rings (SSSR count). The number of fused-ring (bicyclic) bond motifs is 3. The Hall–Kier alpha value is -5.29. The molecule has 0 radical (unpaired) electrons. The van der Waals surface area contributed by atoms with Gasteiger partial charge in [-0.25, -0.2) is 0 Å². The summed E-state index contributed by atoms with van der Waals surface area (Å²) < 4.78 is 76.9. The van der Waals surface area contributed by atoms with Crippen LogP contribution in [-0.4, -0.2) is 83.6 Å². The van der Waals surface area contributed by atoms with E-state index >= 15 is 0 Å². The summed E-state index contributed by atoms with van der Waals surface area (Å²) in [6.45, 7) is 16.6. The van der Waals surface area contributed by atoms with Crippen molar-refractivity contribution in [1.82, 2.24) is 5.32 Å². The molecule has 3 heterocycles. The Morgan fingerprint density at radius 1 is 0.828 bits per heavy atom. The van der Waals surface area contributed by atoms with Gasteiger partial charge in [0.2, 0.25) is 5.69 Å². The lowest BCUT2D eigenvalue weighted by Gasteiger charge is -2.36. The van der Waals surface area contributed by atoms with Gasteiger partial charge in [-0.3, -0.25) is 18.7 Å². The number of nitrogens with one attached hydrogen (secondary N) is 1. The van der Waals surface area contributed by atoms with Gasteiger partial charge < -0.3 is 25.2 Å². The molecule has 3 aromatic rings. The van der Waals surface area contributed by atoms with Crippen molar-refractivity contribution in [3.05, 3.63) is 106 Å². The second kappa shape index (κ2) is 17.9. The fourth-order valence-electron chi connectivity index (χ4n) is 9.23. The summed E-state index contributed by atoms with van der Waals surface area (Å²) >= 11 is 0. The summed E-state index contributed by atoms with van der Waals surface area (Å²) in [6, 6.07) is 9.11. The van der Waals surface area contributed by atoms with E-state index in [0.29, 0.717) is 69.5 Å². The van der Waals surface area contributed by atoms with Crippen LogP contribution in [0.5, 0.6) is 11.5 Å². The molecule has 16 heteroatoms. The first-order valence-electron chi connectivity index (χ1n) is 21.5. The molecular weight excluding hydrogens is 859 g/mol. The van der Waals surface area contributed by atoms with E-state index in [1.54, 1.807) is 19.1 Å². The molecular formula is C48H60N3O11S2+. The maximum atomic E-state index is 13.7. The Labute approximate surface area is 376 Å². The molecule has 344 valence electrons. The van der Waals surface area contributed by atoms with Crippen LogP contribution in [0.25, 0.3) is 0 Å². The normalized spacial score (nSPS) is 19.6. The van der Waals surface area contributed by atoms with Crippen LogP contribution in [0.15, 0.2) is 82.3 Å². The quantitative estimate of drug-likeness (QED) is 0.0402. The molecule has 64 heavy (non-hydrogen) atoms. The number of rotatable bonds is 16. The van der Waals surface area contributed by atoms with Gasteiger partial charge in [0.25, 0.3) is 26.1 Å². The minimum Gasteiger partial charge on any atom is -0.507 e. The largest absolute Gasteiger partial charge is 0.507 e. The second-order valence-corrected chi connectivity index (χ2v) is 21.1. The fourth-order valence-corrected chi connectivity index (χ4v) is 10.2. The number of ether oxygens (including phenoxy) is 1. The fraction of sp³-hybridized carbons (Fsp3) is 0.438. The number of hydrogen-bond donors (Lipinski definition) is 5. The SMILES string of the molecule is Cc1c(C)c2c(c(C)c1O)CCC(C)(C(=O)NCCC[N+]1=C(/C=C/C=C/C=C3/N(CCCCCC(=O)O)c4ccc(S(=O)(=O)O)cc4C3(C)C)C(C)(C)c3cc(S(=O)(=O)O)ccc31)O2. The Kier molecular flexibility index (Phi) is 13.5. The first kappa shape index (κ1) is 48.2. The van der Waals surface area contributed by atoms with Gasteiger partial charge in [0.1, 0.15) is 11.5 Å². The van der Waals surface area contributed by atoms with Crippen LogP contribution in [0.3, 0.4) is 0 Å². The molecule has 3 aliphatic heterocycles. The van der Waals surface area contributed by atoms with E-state index in [1.807, 2.05) is 78.8 Å². The molecule has 0 aliphatic carbocycles. The standard InChI is InChI=1S/C48H59N3O11S2/c1-30-31(2)44-35(32(3)43(30)54)23-24-48(8,62-44)45(55)49-25-15-27-51-39-22-20-34(64(59,60)61)29-37(39)47(6,7)41(51)17-12-9-11-16-40-46(4,5)36-28-33(63(56,57)58)19-21-38(36)50(40)26-14-10-13-18-42(52)53/h9,11-12,16-17,19-22,28-29H,10,13-15,18,23-27H2,1-8H3,(H4-,49,52,53,54,55,56,57,58,59,60,61)/p+1. The number of aromatic hydroxyl groups is 1. The number of anilines is 1. The summed E-state index contributed by atoms with van der Waals surface area (Å²) in [4.78, 5) is 26.5. The lowest BCUT2D eigenvalue weighted by Crippen LogP contribution is -2.51. The molecule has 0 saturated heterocycles. The highest BCUT2D eigenvalue weighted by molar-refractivity contribution is 7.86. The molecule has 0 fully saturated rings. The summed E-state index contributed by atoms with van der Waals surface area (Å²) in [6.07, 6.45) is 13.1. The van der Waals surface area contributed by atoms with Gasteiger partial charge >= 0.3 is 5.97 Å². The lowest BCUT2D eigenvalue weighted by molar-refractivity contribution is -0.437. The van der Waals surface area contributed by atoms with E-state index in [4.69, 9.17) is 9.84 Å². The molecule has 0 spiro atoms. The molecule has 0 aromatic heterocycles. The number of phenolic OH excluding ortho intramolecular Hbond substituents is 1. The topological polar surface area (TPSA) is 211 Å². The van der Waals surface area contributed by atoms with E-state index in [2.05, 4.69) is 14.8 Å². The molecule has 5 N–H and O–H groups in total. The minimum absolute atomic E-state index is 0.0754. The van der Waals surface area contributed by atoms with Crippen LogP contribution < -0.4 is 15.0 Å². The van der Waals surface area contributed by atoms with Crippen molar-refractivity contribution in [3.8, 4) is 11.5 Å². The first-order valence-corrected chi connectivity index (χ1v) is 24.4. The Balaban J connectivity index is 1.24. The van der Waals surface area contributed by atoms with Crippen LogP contribution in [0.2, 0.25) is 0 Å². The van der Waals surface area contributed by atoms with Crippen molar-refractivity contribution in [3.63, 3.8) is 0 Å². The number of phenols is 1. The van der Waals surface area contributed by atoms with Crippen molar-refractivity contribution >= 4 is 49.2 Å². The van der Waals surface area contributed by atoms with Crippen LogP contribution in [0.1, 0.15) is 107 Å². The number of nitrogens with zero attached hydrogens (tertiary/aromatic N) is 2. The molecule has 1 unspecified atom stereocenters. The summed E-state index contributed by atoms with van der Waals surface area (Å²) in [5, 5.41) is 22.8. The van der Waals surface area contributed by atoms with Crippen molar-refractivity contribution in [1.29, 1.82) is 0 Å². The van der Waals surface area contributed by atoms with Gasteiger partial charge in [-0.05, 0) is 119 Å². The van der Waals surface area contributed by atoms with Crippen LogP contribution >= 0.6 is 0 Å². The zero-order chi connectivity index (χ0) is 47.2. The molecule has 0 bridgehead atoms. The molecule has 3 aliphatic rings. The van der Waals surface area contributed by atoms with E-state index in [-0.39, 0.29) is 27.9 Å². The van der Waals surface area contributed by atoms with Gasteiger partial charge in [0.05, 0.1) is 15.2 Å². The zero-order valence-electron chi connectivity index (χ0n) is 37.8. The number of allylic oxidation sites excluding steroid dienone is 6. The number of carboxylic acid groups (broad SMARTS) is 1. The average Bonchev–Trinajstić information content (AvgIpc) is 3.56. The maximum Gasteiger partial charge on any atom is 0.303 e. The molecule has 1 atom stereocenters. The van der Waals surface area contributed by atoms with Crippen molar-refractivity contribution in [2.45, 2.75) is 127 Å². The predicted octanol–water partition coefficient (Wildman–Crippen LogP) is 7.92. The zero-order valence-corrected chi connectivity index (χ0v) is 39.4. The Bertz CT molecular complexity index is 2750. The van der Waals surface area contributed by atoms with Crippen LogP contribution in [-0.2, 0) is 47.1 Å². The Morgan fingerprint density at radius 2 is 1.48 bits per heavy atom. The molecule has 3 aromatic carbocycles. The second-order valence-electron chi connectivity index (χ2n) is 18.2. The first-order chi connectivity index (χ1) is 29.8. The van der Waals surface area contributed by atoms with E-state index in [9.17, 15) is 40.6 Å². The summed E-state index contributed by atoms with van der Waals surface area (Å²) in [5.41, 5.74) is 5.50. The monoisotopic (exact) mass is 918 g/mol. The number of unbranched alkanes of at least 4 members (excludes halogenated alkanes) is 2. The third-order valence-corrected chi connectivity index (χ3v) is 14.9. The molecule has 0 saturated carbocycles. The highest BCUT2D eigenvalue weighted by Crippen LogP contribution is 2.49. The van der Waals surface area contributed by atoms with Gasteiger partial charge in [0.15, 0.2) is 17.9 Å². The summed E-state index contributed by atoms with van der Waals surface area (Å²) in [7, 11) is -8.92. The van der Waals surface area contributed by atoms with Crippen molar-refractivity contribution < 1.29 is 55.1 Å². The Morgan fingerprint density at radius 3 is 2.14 bits per heavy atom. The number of carbonyl (C=O) groups excluding carboxylic acids is 1. The minimum atomic E-state index is -4.48. The van der Waals surface area contributed by atoms with Crippen LogP contribution in [0, 0.1) is 20.8 Å². The van der Waals surface area contributed by atoms with Crippen molar-refractivity contribution in [2.75, 3.05) is 24.5 Å². The smallest absolute Gasteiger partial charge is 0.303 e. The van der Waals surface area contributed by atoms with Gasteiger partial charge in [0, 0.05) is 72.4 Å².